The Morgan fingerprint density at radius 2 is 1.17 bits per heavy atom. The minimum absolute atomic E-state index is 0.0436. The van der Waals surface area contributed by atoms with E-state index < -0.39 is 24.4 Å². The van der Waals surface area contributed by atoms with Crippen molar-refractivity contribution < 1.29 is 47.7 Å². The summed E-state index contributed by atoms with van der Waals surface area (Å²) in [6.07, 6.45) is 2.52. The second kappa shape index (κ2) is 18.4. The number of hydrogen-bond donors (Lipinski definition) is 5. The zero-order chi connectivity index (χ0) is 36.0. The minimum Gasteiger partial charge on any atom is -0.453 e. The maximum atomic E-state index is 12.6. The van der Waals surface area contributed by atoms with Crippen LogP contribution in [0.1, 0.15) is 80.1 Å². The lowest BCUT2D eigenvalue weighted by molar-refractivity contribution is -0.121. The number of hydrogen-bond acceptors (Lipinski definition) is 11. The summed E-state index contributed by atoms with van der Waals surface area (Å²) in [6.45, 7) is 13.9. The molecule has 5 N–H and O–H groups in total. The normalized spacial score (nSPS) is 25.9. The molecular weight excluding hydrogens is 626 g/mol. The van der Waals surface area contributed by atoms with Crippen molar-refractivity contribution in [2.24, 2.45) is 21.7 Å². The summed E-state index contributed by atoms with van der Waals surface area (Å²) in [5, 5.41) is 14.2. The summed E-state index contributed by atoms with van der Waals surface area (Å²) in [4.78, 5) is 60.2. The molecular formula is C33H59N5O10. The molecule has 0 aromatic carbocycles. The predicted octanol–water partition coefficient (Wildman–Crippen LogP) is 3.50. The van der Waals surface area contributed by atoms with Gasteiger partial charge in [-0.05, 0) is 60.2 Å². The molecule has 0 saturated heterocycles. The molecule has 0 aromatic rings. The van der Waals surface area contributed by atoms with E-state index in [9.17, 15) is 24.0 Å². The average Bonchev–Trinajstić information content (AvgIpc) is 2.96. The summed E-state index contributed by atoms with van der Waals surface area (Å²) < 4.78 is 25.3. The first kappa shape index (κ1) is 40.8. The Balaban J connectivity index is 1.70. The highest BCUT2D eigenvalue weighted by atomic mass is 16.6. The van der Waals surface area contributed by atoms with E-state index in [1.807, 2.05) is 0 Å². The Morgan fingerprint density at radius 3 is 1.71 bits per heavy atom. The van der Waals surface area contributed by atoms with Crippen LogP contribution in [0.5, 0.6) is 0 Å². The summed E-state index contributed by atoms with van der Waals surface area (Å²) >= 11 is 0. The third-order valence-electron chi connectivity index (χ3n) is 8.74. The number of amides is 4. The van der Waals surface area contributed by atoms with Crippen LogP contribution < -0.4 is 26.6 Å². The lowest BCUT2D eigenvalue weighted by atomic mass is 9.62. The van der Waals surface area contributed by atoms with Gasteiger partial charge in [0.25, 0.3) is 0 Å². The molecule has 4 atom stereocenters. The predicted molar refractivity (Wildman–Crippen MR) is 178 cm³/mol. The molecule has 0 aliphatic heterocycles. The van der Waals surface area contributed by atoms with Gasteiger partial charge in [-0.3, -0.25) is 4.79 Å². The van der Waals surface area contributed by atoms with E-state index in [2.05, 4.69) is 68.1 Å². The van der Waals surface area contributed by atoms with Crippen molar-refractivity contribution in [1.82, 2.24) is 26.6 Å². The monoisotopic (exact) mass is 685 g/mol. The second-order valence-electron chi connectivity index (χ2n) is 15.5. The van der Waals surface area contributed by atoms with Gasteiger partial charge in [0.05, 0.1) is 26.9 Å². The molecule has 2 fully saturated rings. The highest BCUT2D eigenvalue weighted by Gasteiger charge is 2.43. The van der Waals surface area contributed by atoms with Crippen molar-refractivity contribution in [3.63, 3.8) is 0 Å². The van der Waals surface area contributed by atoms with Crippen LogP contribution in [0, 0.1) is 21.7 Å². The van der Waals surface area contributed by atoms with Crippen LogP contribution in [0.15, 0.2) is 0 Å². The number of ketones is 1. The van der Waals surface area contributed by atoms with Crippen LogP contribution in [-0.4, -0.2) is 109 Å². The first-order valence-electron chi connectivity index (χ1n) is 16.7. The van der Waals surface area contributed by atoms with Crippen molar-refractivity contribution in [2.75, 3.05) is 66.8 Å². The Kier molecular flexibility index (Phi) is 15.7. The topological polar surface area (TPSA) is 192 Å². The van der Waals surface area contributed by atoms with Gasteiger partial charge in [-0.1, -0.05) is 41.5 Å². The number of alkyl carbamates (subject to hydrolysis) is 4. The van der Waals surface area contributed by atoms with Gasteiger partial charge in [0.15, 0.2) is 12.4 Å². The largest absolute Gasteiger partial charge is 0.453 e. The van der Waals surface area contributed by atoms with Gasteiger partial charge in [-0.15, -0.1) is 0 Å². The number of Topliss-reactive ketones (excluding diaryl/α,β-unsaturated/α-hetero) is 1. The molecule has 2 aliphatic carbocycles. The third-order valence-corrected chi connectivity index (χ3v) is 8.74. The van der Waals surface area contributed by atoms with Crippen LogP contribution in [0.25, 0.3) is 0 Å². The van der Waals surface area contributed by atoms with Crippen molar-refractivity contribution in [1.29, 1.82) is 0 Å². The van der Waals surface area contributed by atoms with Crippen LogP contribution in [0.2, 0.25) is 0 Å². The Labute approximate surface area is 285 Å². The number of nitrogens with one attached hydrogen (secondary N) is 5. The summed E-state index contributed by atoms with van der Waals surface area (Å²) in [5.41, 5.74) is -0.566. The summed E-state index contributed by atoms with van der Waals surface area (Å²) in [7, 11) is 2.80. The Morgan fingerprint density at radius 1 is 0.646 bits per heavy atom. The Bertz CT molecular complexity index is 1100. The van der Waals surface area contributed by atoms with Gasteiger partial charge >= 0.3 is 24.4 Å². The number of carbonyl (C=O) groups excluding carboxylic acids is 5. The summed E-state index contributed by atoms with van der Waals surface area (Å²) in [6, 6.07) is -0.186. The van der Waals surface area contributed by atoms with E-state index in [0.717, 1.165) is 25.7 Å². The fraction of sp³-hybridized carbons (Fsp3) is 0.848. The highest BCUT2D eigenvalue weighted by molar-refractivity contribution is 5.83. The van der Waals surface area contributed by atoms with Gasteiger partial charge in [-0.2, -0.15) is 0 Å². The smallest absolute Gasteiger partial charge is 0.407 e. The van der Waals surface area contributed by atoms with E-state index in [1.54, 1.807) is 0 Å². The van der Waals surface area contributed by atoms with Crippen molar-refractivity contribution in [2.45, 2.75) is 92.2 Å². The maximum absolute atomic E-state index is 12.6. The van der Waals surface area contributed by atoms with Crippen LogP contribution in [0.3, 0.4) is 0 Å². The van der Waals surface area contributed by atoms with Crippen LogP contribution >= 0.6 is 0 Å². The van der Waals surface area contributed by atoms with Gasteiger partial charge in [0.1, 0.15) is 13.2 Å². The van der Waals surface area contributed by atoms with Crippen LogP contribution in [0.4, 0.5) is 19.2 Å². The lowest BCUT2D eigenvalue weighted by Crippen LogP contribution is -2.50. The van der Waals surface area contributed by atoms with E-state index in [4.69, 9.17) is 23.7 Å². The minimum atomic E-state index is -0.659. The van der Waals surface area contributed by atoms with Crippen molar-refractivity contribution >= 4 is 30.2 Å². The quantitative estimate of drug-likeness (QED) is 0.118. The van der Waals surface area contributed by atoms with E-state index in [-0.39, 0.29) is 79.1 Å². The number of rotatable bonds is 16. The molecule has 0 bridgehead atoms. The second-order valence-corrected chi connectivity index (χ2v) is 15.5. The molecule has 276 valence electrons. The molecule has 0 aromatic heterocycles. The average molecular weight is 686 g/mol. The molecule has 2 rings (SSSR count). The van der Waals surface area contributed by atoms with E-state index in [1.165, 1.54) is 14.2 Å². The van der Waals surface area contributed by atoms with E-state index in [0.29, 0.717) is 25.9 Å². The Hall–Kier alpha value is -3.33. The fourth-order valence-corrected chi connectivity index (χ4v) is 7.77. The molecule has 15 heteroatoms. The van der Waals surface area contributed by atoms with Crippen molar-refractivity contribution in [3.05, 3.63) is 0 Å². The number of methoxy groups -OCH3 is 1. The zero-order valence-electron chi connectivity index (χ0n) is 30.1. The zero-order valence-corrected chi connectivity index (χ0v) is 30.1. The first-order valence-corrected chi connectivity index (χ1v) is 16.7. The number of ether oxygens (including phenoxy) is 5. The van der Waals surface area contributed by atoms with Crippen molar-refractivity contribution in [3.8, 4) is 0 Å². The molecule has 0 heterocycles. The molecule has 0 spiro atoms. The summed E-state index contributed by atoms with van der Waals surface area (Å²) in [5.74, 6) is -0.253. The standard InChI is InChI=1S/C33H59N5O10/c1-30(2)14-24(38-29(43)47-12-10-45-9-11-46-26(40)34-7)15-32(5,19-30)21-35-17-25(39)18-48-27(41)36-22-33(6)16-23(37-28(42)44-8)13-31(3,4)20-33/h23-24,35H,9-22H2,1-8H3,(H,34,40)(H,36,41)(H,37,42)(H,38,43). The maximum Gasteiger partial charge on any atom is 0.407 e. The van der Waals surface area contributed by atoms with Crippen LogP contribution in [-0.2, 0) is 28.5 Å². The van der Waals surface area contributed by atoms with Gasteiger partial charge in [-0.25, -0.2) is 19.2 Å². The fourth-order valence-electron chi connectivity index (χ4n) is 7.77. The highest BCUT2D eigenvalue weighted by Crippen LogP contribution is 2.46. The molecule has 48 heavy (non-hydrogen) atoms. The molecule has 4 amide bonds. The molecule has 2 saturated carbocycles. The molecule has 15 nitrogen and oxygen atoms in total. The molecule has 0 radical (unpaired) electrons. The SMILES string of the molecule is CNC(=O)OCCOCCOC(=O)NC1CC(C)(C)CC(C)(CNCC(=O)COC(=O)NCC2(C)CC(NC(=O)OC)CC(C)(C)C2)C1. The third kappa shape index (κ3) is 15.7. The van der Waals surface area contributed by atoms with E-state index >= 15 is 0 Å². The van der Waals surface area contributed by atoms with Gasteiger partial charge < -0.3 is 50.3 Å². The molecule has 2 aliphatic rings. The first-order chi connectivity index (χ1) is 22.4. The number of carbonyl (C=O) groups is 5. The van der Waals surface area contributed by atoms with Gasteiger partial charge in [0, 0.05) is 32.2 Å². The van der Waals surface area contributed by atoms with Gasteiger partial charge in [0.2, 0.25) is 0 Å². The molecule has 4 unspecified atom stereocenters. The lowest BCUT2D eigenvalue weighted by Gasteiger charge is -2.46.